The van der Waals surface area contributed by atoms with E-state index in [9.17, 15) is 4.79 Å². The van der Waals surface area contributed by atoms with Crippen molar-refractivity contribution in [3.8, 4) is 5.13 Å². The highest BCUT2D eigenvalue weighted by molar-refractivity contribution is 7.12. The molecule has 3 N–H and O–H groups in total. The van der Waals surface area contributed by atoms with Crippen LogP contribution in [0.1, 0.15) is 48.4 Å². The minimum Gasteiger partial charge on any atom is -0.345 e. The van der Waals surface area contributed by atoms with Gasteiger partial charge in [-0.15, -0.1) is 11.3 Å². The van der Waals surface area contributed by atoms with E-state index in [1.807, 2.05) is 29.9 Å². The van der Waals surface area contributed by atoms with Crippen LogP contribution in [-0.2, 0) is 0 Å². The van der Waals surface area contributed by atoms with Crippen molar-refractivity contribution in [1.82, 2.24) is 14.9 Å². The highest BCUT2D eigenvalue weighted by Gasteiger charge is 2.28. The van der Waals surface area contributed by atoms with Crippen molar-refractivity contribution in [2.45, 2.75) is 46.1 Å². The van der Waals surface area contributed by atoms with Crippen LogP contribution in [0, 0.1) is 13.8 Å². The Hall–Kier alpha value is -1.66. The van der Waals surface area contributed by atoms with Gasteiger partial charge in [0.15, 0.2) is 5.13 Å². The maximum Gasteiger partial charge on any atom is 0.253 e. The van der Waals surface area contributed by atoms with Gasteiger partial charge in [-0.25, -0.2) is 4.98 Å². The Labute approximate surface area is 135 Å². The first-order valence-corrected chi connectivity index (χ1v) is 8.47. The van der Waals surface area contributed by atoms with Crippen LogP contribution in [0.4, 0.5) is 0 Å². The van der Waals surface area contributed by atoms with E-state index < -0.39 is 0 Å². The van der Waals surface area contributed by atoms with Crippen LogP contribution < -0.4 is 11.1 Å². The number of nitrogens with zero attached hydrogens (tertiary/aromatic N) is 2. The van der Waals surface area contributed by atoms with Gasteiger partial charge in [0.05, 0.1) is 11.1 Å². The number of aromatic nitrogens is 2. The summed E-state index contributed by atoms with van der Waals surface area (Å²) in [5, 5.41) is 5.94. The molecule has 0 saturated carbocycles. The minimum absolute atomic E-state index is 0.0648. The summed E-state index contributed by atoms with van der Waals surface area (Å²) in [5.74, 6) is -0.0648. The van der Waals surface area contributed by atoms with Crippen LogP contribution in [-0.4, -0.2) is 27.5 Å². The van der Waals surface area contributed by atoms with Gasteiger partial charge < -0.3 is 11.1 Å². The van der Waals surface area contributed by atoms with E-state index in [1.54, 1.807) is 17.5 Å². The number of carbonyl (C=O) groups excluding carboxylic acids is 1. The normalized spacial score (nSPS) is 11.7. The molecule has 0 aliphatic heterocycles. The van der Waals surface area contributed by atoms with Gasteiger partial charge in [0.2, 0.25) is 0 Å². The third-order valence-corrected chi connectivity index (χ3v) is 5.17. The molecule has 120 valence electrons. The Morgan fingerprint density at radius 1 is 1.41 bits per heavy atom. The molecule has 1 amide bonds. The summed E-state index contributed by atoms with van der Waals surface area (Å²) in [4.78, 5) is 17.0. The molecule has 6 heteroatoms. The number of thiazole rings is 1. The molecular formula is C16H24N4OS. The standard InChI is InChI=1S/C16H24N4OS/c1-5-16(6-2,10-17)19-14(21)13-9-11(3)20(12(13)4)15-18-7-8-22-15/h7-9H,5-6,10,17H2,1-4H3,(H,19,21). The molecule has 0 aliphatic rings. The lowest BCUT2D eigenvalue weighted by Gasteiger charge is -2.31. The monoisotopic (exact) mass is 320 g/mol. The molecule has 2 rings (SSSR count). The van der Waals surface area contributed by atoms with E-state index >= 15 is 0 Å². The van der Waals surface area contributed by atoms with Gasteiger partial charge in [-0.05, 0) is 32.8 Å². The molecule has 2 heterocycles. The summed E-state index contributed by atoms with van der Waals surface area (Å²) >= 11 is 1.56. The van der Waals surface area contributed by atoms with Crippen molar-refractivity contribution in [2.24, 2.45) is 5.73 Å². The van der Waals surface area contributed by atoms with Crippen molar-refractivity contribution in [1.29, 1.82) is 0 Å². The van der Waals surface area contributed by atoms with Crippen molar-refractivity contribution in [3.05, 3.63) is 34.6 Å². The predicted octanol–water partition coefficient (Wildman–Crippen LogP) is 2.80. The first-order chi connectivity index (χ1) is 10.5. The lowest BCUT2D eigenvalue weighted by Crippen LogP contribution is -2.52. The number of amides is 1. The molecule has 0 aromatic carbocycles. The van der Waals surface area contributed by atoms with E-state index in [-0.39, 0.29) is 11.4 Å². The highest BCUT2D eigenvalue weighted by atomic mass is 32.1. The van der Waals surface area contributed by atoms with Crippen LogP contribution in [0.3, 0.4) is 0 Å². The van der Waals surface area contributed by atoms with E-state index in [0.717, 1.165) is 29.4 Å². The Kier molecular flexibility index (Phi) is 5.03. The van der Waals surface area contributed by atoms with Crippen LogP contribution in [0.2, 0.25) is 0 Å². The van der Waals surface area contributed by atoms with Crippen LogP contribution in [0.5, 0.6) is 0 Å². The highest BCUT2D eigenvalue weighted by Crippen LogP contribution is 2.23. The molecule has 22 heavy (non-hydrogen) atoms. The van der Waals surface area contributed by atoms with Gasteiger partial charge in [0.1, 0.15) is 0 Å². The summed E-state index contributed by atoms with van der Waals surface area (Å²) < 4.78 is 2.02. The molecule has 0 aliphatic carbocycles. The molecule has 0 unspecified atom stereocenters. The molecule has 0 atom stereocenters. The Balaban J connectivity index is 2.34. The Morgan fingerprint density at radius 2 is 2.09 bits per heavy atom. The predicted molar refractivity (Wildman–Crippen MR) is 90.7 cm³/mol. The number of aryl methyl sites for hydroxylation is 1. The smallest absolute Gasteiger partial charge is 0.253 e. The number of carbonyl (C=O) groups is 1. The van der Waals surface area contributed by atoms with Gasteiger partial charge in [-0.2, -0.15) is 0 Å². The molecule has 0 radical (unpaired) electrons. The molecular weight excluding hydrogens is 296 g/mol. The number of nitrogens with two attached hydrogens (primary N) is 1. The van der Waals surface area contributed by atoms with Crippen LogP contribution >= 0.6 is 11.3 Å². The zero-order valence-electron chi connectivity index (χ0n) is 13.6. The second-order valence-electron chi connectivity index (χ2n) is 5.58. The average Bonchev–Trinajstić information content (AvgIpc) is 3.13. The van der Waals surface area contributed by atoms with Gasteiger partial charge in [-0.1, -0.05) is 13.8 Å². The summed E-state index contributed by atoms with van der Waals surface area (Å²) in [7, 11) is 0. The summed E-state index contributed by atoms with van der Waals surface area (Å²) in [6, 6.07) is 1.92. The number of hydrogen-bond acceptors (Lipinski definition) is 4. The summed E-state index contributed by atoms with van der Waals surface area (Å²) in [5.41, 5.74) is 8.14. The second-order valence-corrected chi connectivity index (χ2v) is 6.45. The topological polar surface area (TPSA) is 72.9 Å². The van der Waals surface area contributed by atoms with E-state index in [4.69, 9.17) is 5.73 Å². The SMILES string of the molecule is CCC(CC)(CN)NC(=O)c1cc(C)n(-c2nccs2)c1C. The molecule has 0 fully saturated rings. The van der Waals surface area contributed by atoms with Gasteiger partial charge in [-0.3, -0.25) is 9.36 Å². The lowest BCUT2D eigenvalue weighted by atomic mass is 9.92. The molecule has 0 saturated heterocycles. The van der Waals surface area contributed by atoms with Crippen LogP contribution in [0.25, 0.3) is 5.13 Å². The third kappa shape index (κ3) is 2.94. The Bertz CT molecular complexity index is 633. The Morgan fingerprint density at radius 3 is 2.59 bits per heavy atom. The van der Waals surface area contributed by atoms with Crippen molar-refractivity contribution in [2.75, 3.05) is 6.54 Å². The van der Waals surface area contributed by atoms with Gasteiger partial charge >= 0.3 is 0 Å². The lowest BCUT2D eigenvalue weighted by molar-refractivity contribution is 0.0894. The largest absolute Gasteiger partial charge is 0.345 e. The molecule has 0 bridgehead atoms. The second kappa shape index (κ2) is 6.62. The molecule has 5 nitrogen and oxygen atoms in total. The first kappa shape index (κ1) is 16.7. The number of rotatable bonds is 6. The quantitative estimate of drug-likeness (QED) is 0.859. The van der Waals surface area contributed by atoms with Crippen molar-refractivity contribution >= 4 is 17.2 Å². The average molecular weight is 320 g/mol. The van der Waals surface area contributed by atoms with Crippen molar-refractivity contribution < 1.29 is 4.79 Å². The fourth-order valence-electron chi connectivity index (χ4n) is 2.69. The first-order valence-electron chi connectivity index (χ1n) is 7.59. The van der Waals surface area contributed by atoms with Crippen molar-refractivity contribution in [3.63, 3.8) is 0 Å². The minimum atomic E-state index is -0.333. The summed E-state index contributed by atoms with van der Waals surface area (Å²) in [6.07, 6.45) is 3.40. The fraction of sp³-hybridized carbons (Fsp3) is 0.500. The molecule has 2 aromatic rings. The maximum absolute atomic E-state index is 12.7. The van der Waals surface area contributed by atoms with Gasteiger partial charge in [0, 0.05) is 29.5 Å². The van der Waals surface area contributed by atoms with E-state index in [0.29, 0.717) is 12.1 Å². The van der Waals surface area contributed by atoms with Crippen LogP contribution in [0.15, 0.2) is 17.6 Å². The maximum atomic E-state index is 12.7. The van der Waals surface area contributed by atoms with E-state index in [1.165, 1.54) is 0 Å². The zero-order chi connectivity index (χ0) is 16.3. The number of nitrogens with one attached hydrogen (secondary N) is 1. The van der Waals surface area contributed by atoms with E-state index in [2.05, 4.69) is 24.1 Å². The fourth-order valence-corrected chi connectivity index (χ4v) is 3.44. The van der Waals surface area contributed by atoms with Gasteiger partial charge in [0.25, 0.3) is 5.91 Å². The number of hydrogen-bond donors (Lipinski definition) is 2. The third-order valence-electron chi connectivity index (χ3n) is 4.41. The zero-order valence-corrected chi connectivity index (χ0v) is 14.5. The molecule has 2 aromatic heterocycles. The molecule has 0 spiro atoms. The summed E-state index contributed by atoms with van der Waals surface area (Å²) in [6.45, 7) is 8.48.